The molecule has 0 aliphatic carbocycles. The normalized spacial score (nSPS) is 22.4. The molecule has 2 aromatic carbocycles. The highest BCUT2D eigenvalue weighted by Crippen LogP contribution is 2.39. The summed E-state index contributed by atoms with van der Waals surface area (Å²) in [5, 5.41) is 26.3. The third-order valence-electron chi connectivity index (χ3n) is 7.34. The number of anilines is 1. The molecule has 1 saturated heterocycles. The number of fused-ring (bicyclic) bond motifs is 1. The first kappa shape index (κ1) is 30.0. The second-order valence-electron chi connectivity index (χ2n) is 10.0. The highest BCUT2D eigenvalue weighted by Gasteiger charge is 2.39. The fraction of sp³-hybridized carbons (Fsp3) is 0.417. The minimum atomic E-state index is -4.98. The van der Waals surface area contributed by atoms with E-state index in [1.165, 1.54) is 0 Å². The summed E-state index contributed by atoms with van der Waals surface area (Å²) >= 11 is 1.74. The molecule has 3 atom stereocenters. The topological polar surface area (TPSA) is 255 Å². The van der Waals surface area contributed by atoms with E-state index in [-0.39, 0.29) is 58.2 Å². The standard InChI is InChI=1S/C24H27N5O10S3/c25-20-12-7-11(41(34,35)36)8-13-19(12)14(9-17(20)42(37,38)39)23(32)29(22(13)31)6-5-26-18(30)4-2-1-3-16-21-15(10-40-16)27-24(33)28-21/h7-9,15-16,21H,1-6,10,25H2,(H,26,30)(H2,27,28,33)(H,34,35,36)(H,37,38,39)/p-2/t15-,16-,21-/m0/s1. The lowest BCUT2D eigenvalue weighted by Gasteiger charge is -2.28. The van der Waals surface area contributed by atoms with Crippen molar-refractivity contribution in [1.29, 1.82) is 0 Å². The highest BCUT2D eigenvalue weighted by molar-refractivity contribution is 8.00. The molecular weight excluding hydrogens is 614 g/mol. The lowest BCUT2D eigenvalue weighted by molar-refractivity contribution is -0.220. The predicted octanol–water partition coefficient (Wildman–Crippen LogP) is -0.997. The number of hydrogen-bond donors (Lipinski definition) is 4. The van der Waals surface area contributed by atoms with Gasteiger partial charge in [-0.05, 0) is 43.4 Å². The van der Waals surface area contributed by atoms with Gasteiger partial charge < -0.3 is 26.3 Å². The van der Waals surface area contributed by atoms with Crippen molar-refractivity contribution < 1.29 is 45.7 Å². The summed E-state index contributed by atoms with van der Waals surface area (Å²) in [5.74, 6) is -1.60. The number of nitrogen functional groups attached to an aromatic ring is 1. The summed E-state index contributed by atoms with van der Waals surface area (Å²) in [5.41, 5.74) is 4.53. The largest absolute Gasteiger partial charge is 0.862 e. The van der Waals surface area contributed by atoms with Crippen LogP contribution in [0.3, 0.4) is 0 Å². The Labute approximate surface area is 244 Å². The first-order chi connectivity index (χ1) is 19.7. The van der Waals surface area contributed by atoms with Crippen LogP contribution >= 0.6 is 11.8 Å². The molecule has 0 saturated carbocycles. The van der Waals surface area contributed by atoms with Crippen LogP contribution in [0.1, 0.15) is 46.4 Å². The molecule has 3 aliphatic rings. The van der Waals surface area contributed by atoms with Crippen LogP contribution in [0.5, 0.6) is 0 Å². The Morgan fingerprint density at radius 3 is 2.48 bits per heavy atom. The molecule has 0 aromatic heterocycles. The first-order valence-electron chi connectivity index (χ1n) is 12.7. The number of hydrogen-bond acceptors (Lipinski definition) is 13. The van der Waals surface area contributed by atoms with Gasteiger partial charge in [0.15, 0.2) is 0 Å². The van der Waals surface area contributed by atoms with E-state index in [0.717, 1.165) is 30.4 Å². The summed E-state index contributed by atoms with van der Waals surface area (Å²) in [7, 11) is -9.88. The van der Waals surface area contributed by atoms with Gasteiger partial charge in [0, 0.05) is 34.3 Å². The second-order valence-corrected chi connectivity index (χ2v) is 14.1. The third-order valence-corrected chi connectivity index (χ3v) is 10.6. The Morgan fingerprint density at radius 2 is 1.81 bits per heavy atom. The monoisotopic (exact) mass is 639 g/mol. The summed E-state index contributed by atoms with van der Waals surface area (Å²) in [6.07, 6.45) is 2.15. The maximum Gasteiger partial charge on any atom is 0.296 e. The highest BCUT2D eigenvalue weighted by atomic mass is 32.2. The van der Waals surface area contributed by atoms with E-state index in [4.69, 9.17) is 5.73 Å². The van der Waals surface area contributed by atoms with E-state index >= 15 is 0 Å². The number of amidine groups is 1. The number of nitrogens with one attached hydrogen (secondary N) is 1. The molecule has 1 fully saturated rings. The van der Waals surface area contributed by atoms with Gasteiger partial charge in [0.25, 0.3) is 32.1 Å². The van der Waals surface area contributed by atoms with E-state index in [0.29, 0.717) is 17.7 Å². The number of nitrogens with zero attached hydrogens (tertiary/aromatic N) is 3. The smallest absolute Gasteiger partial charge is 0.296 e. The van der Waals surface area contributed by atoms with Gasteiger partial charge in [-0.1, -0.05) is 6.42 Å². The van der Waals surface area contributed by atoms with Crippen molar-refractivity contribution >= 4 is 72.2 Å². The zero-order chi connectivity index (χ0) is 30.6. The Bertz CT molecular complexity index is 1750. The summed E-state index contributed by atoms with van der Waals surface area (Å²) in [6, 6.07) is 2.11. The first-order valence-corrected chi connectivity index (χ1v) is 16.6. The van der Waals surface area contributed by atoms with E-state index in [1.54, 1.807) is 11.8 Å². The number of nitrogens with two attached hydrogens (primary N) is 1. The number of aliphatic imine (C=N–C) groups is 2. The maximum atomic E-state index is 13.3. The van der Waals surface area contributed by atoms with Crippen molar-refractivity contribution in [3.8, 4) is 0 Å². The molecule has 0 bridgehead atoms. The molecule has 3 heterocycles. The van der Waals surface area contributed by atoms with Crippen molar-refractivity contribution in [2.24, 2.45) is 9.98 Å². The molecule has 2 aromatic rings. The quantitative estimate of drug-likeness (QED) is 0.0608. The summed E-state index contributed by atoms with van der Waals surface area (Å²) < 4.78 is 66.8. The van der Waals surface area contributed by atoms with Crippen LogP contribution in [0.15, 0.2) is 38.0 Å². The molecule has 5 N–H and O–H groups in total. The number of imide groups is 1. The lowest BCUT2D eigenvalue weighted by Crippen LogP contribution is -2.42. The van der Waals surface area contributed by atoms with Gasteiger partial charge in [-0.2, -0.15) is 28.6 Å². The number of amides is 2. The molecule has 18 heteroatoms. The summed E-state index contributed by atoms with van der Waals surface area (Å²) in [6.45, 7) is -0.669. The number of rotatable bonds is 10. The molecular formula is C24H25N5O10S3-2. The van der Waals surface area contributed by atoms with Crippen LogP contribution in [0.25, 0.3) is 10.8 Å². The van der Waals surface area contributed by atoms with Crippen LogP contribution in [0.4, 0.5) is 5.69 Å². The Hall–Kier alpha value is -3.45. The zero-order valence-electron chi connectivity index (χ0n) is 21.7. The van der Waals surface area contributed by atoms with Crippen molar-refractivity contribution in [1.82, 2.24) is 10.2 Å². The van der Waals surface area contributed by atoms with E-state index in [1.807, 2.05) is 0 Å². The Kier molecular flexibility index (Phi) is 7.86. The van der Waals surface area contributed by atoms with Gasteiger partial charge in [0.05, 0.1) is 40.3 Å². The number of thioether (sulfide) groups is 1. The van der Waals surface area contributed by atoms with Crippen molar-refractivity contribution in [3.05, 3.63) is 29.3 Å². The lowest BCUT2D eigenvalue weighted by atomic mass is 9.93. The molecule has 0 spiro atoms. The SMILES string of the molecule is Nc1c(S(=O)(=O)O)cc2c3c(cc(S(=O)(=O)O)cc13)C(=O)N(CCN=C([O-])CCCC[C@@H]1SC[C@@H]3NC([O-])=N[C@@H]31)C2=O. The van der Waals surface area contributed by atoms with Gasteiger partial charge in [-0.15, -0.1) is 0 Å². The fourth-order valence-corrected chi connectivity index (χ4v) is 8.07. The van der Waals surface area contributed by atoms with E-state index < -0.39 is 60.0 Å². The number of unbranched alkanes of at least 4 members (excludes halogenated alkanes) is 1. The minimum absolute atomic E-state index is 0.0555. The molecule has 0 radical (unpaired) electrons. The molecule has 0 unspecified atom stereocenters. The second kappa shape index (κ2) is 11.0. The number of carbonyl (C=O) groups is 2. The molecule has 3 aliphatic heterocycles. The van der Waals surface area contributed by atoms with Gasteiger partial charge in [-0.25, -0.2) is 0 Å². The van der Waals surface area contributed by atoms with Crippen molar-refractivity contribution in [2.45, 2.75) is 52.8 Å². The number of benzene rings is 2. The molecule has 2 amide bonds. The Morgan fingerprint density at radius 1 is 1.12 bits per heavy atom. The van der Waals surface area contributed by atoms with Crippen molar-refractivity contribution in [2.75, 3.05) is 24.6 Å². The van der Waals surface area contributed by atoms with Crippen LogP contribution in [0, 0.1) is 0 Å². The molecule has 42 heavy (non-hydrogen) atoms. The van der Waals surface area contributed by atoms with Crippen LogP contribution in [-0.2, 0) is 20.2 Å². The van der Waals surface area contributed by atoms with Gasteiger partial charge in [0.2, 0.25) is 0 Å². The zero-order valence-corrected chi connectivity index (χ0v) is 24.2. The Balaban J connectivity index is 1.29. The van der Waals surface area contributed by atoms with Gasteiger partial charge in [-0.3, -0.25) is 28.6 Å². The maximum absolute atomic E-state index is 13.3. The van der Waals surface area contributed by atoms with Crippen LogP contribution in [-0.4, -0.2) is 90.8 Å². The van der Waals surface area contributed by atoms with E-state index in [2.05, 4.69) is 15.3 Å². The van der Waals surface area contributed by atoms with Crippen LogP contribution < -0.4 is 21.3 Å². The van der Waals surface area contributed by atoms with E-state index in [9.17, 15) is 45.7 Å². The molecule has 226 valence electrons. The fourth-order valence-electron chi connectivity index (χ4n) is 5.36. The number of carbonyl (C=O) groups excluding carboxylic acids is 2. The average molecular weight is 640 g/mol. The average Bonchev–Trinajstić information content (AvgIpc) is 3.45. The predicted molar refractivity (Wildman–Crippen MR) is 149 cm³/mol. The van der Waals surface area contributed by atoms with Gasteiger partial charge >= 0.3 is 0 Å². The molecule has 15 nitrogen and oxygen atoms in total. The summed E-state index contributed by atoms with van der Waals surface area (Å²) in [4.78, 5) is 33.5. The minimum Gasteiger partial charge on any atom is -0.862 e. The van der Waals surface area contributed by atoms with Crippen LogP contribution in [0.2, 0.25) is 0 Å². The van der Waals surface area contributed by atoms with Gasteiger partial charge in [0.1, 0.15) is 4.90 Å². The van der Waals surface area contributed by atoms with Crippen molar-refractivity contribution in [3.63, 3.8) is 0 Å². The molecule has 5 rings (SSSR count). The third kappa shape index (κ3) is 5.63.